The maximum atomic E-state index is 11.8. The van der Waals surface area contributed by atoms with Crippen molar-refractivity contribution >= 4 is 5.97 Å². The monoisotopic (exact) mass is 338 g/mol. The van der Waals surface area contributed by atoms with Crippen LogP contribution < -0.4 is 0 Å². The summed E-state index contributed by atoms with van der Waals surface area (Å²) in [5, 5.41) is 18.7. The van der Waals surface area contributed by atoms with Crippen molar-refractivity contribution in [2.24, 2.45) is 7.05 Å². The van der Waals surface area contributed by atoms with Crippen molar-refractivity contribution in [2.45, 2.75) is 12.6 Å². The minimum absolute atomic E-state index is 0.592. The first-order valence-corrected chi connectivity index (χ1v) is 8.38. The predicted octanol–water partition coefficient (Wildman–Crippen LogP) is 1.84. The first kappa shape index (κ1) is 17.2. The van der Waals surface area contributed by atoms with E-state index in [0.717, 1.165) is 30.8 Å². The highest BCUT2D eigenvalue weighted by Gasteiger charge is 2.30. The van der Waals surface area contributed by atoms with Crippen molar-refractivity contribution < 1.29 is 9.90 Å². The van der Waals surface area contributed by atoms with Crippen LogP contribution in [0.25, 0.3) is 0 Å². The largest absolute Gasteiger partial charge is 0.480 e. The Bertz CT molecular complexity index is 770. The van der Waals surface area contributed by atoms with E-state index < -0.39 is 12.0 Å². The summed E-state index contributed by atoms with van der Waals surface area (Å²) in [7, 11) is 1.87. The summed E-state index contributed by atoms with van der Waals surface area (Å²) in [6.45, 7) is 3.83. The normalized spacial score (nSPS) is 17.1. The van der Waals surface area contributed by atoms with E-state index in [1.54, 1.807) is 0 Å². The fourth-order valence-electron chi connectivity index (χ4n) is 3.41. The molecule has 1 aliphatic heterocycles. The number of hydrogen-bond donors (Lipinski definition) is 1. The Hall–Kier alpha value is -2.62. The van der Waals surface area contributed by atoms with Gasteiger partial charge >= 0.3 is 5.97 Å². The molecule has 1 atom stereocenters. The minimum Gasteiger partial charge on any atom is -0.480 e. The molecule has 1 aromatic carbocycles. The van der Waals surface area contributed by atoms with Crippen LogP contribution in [0.3, 0.4) is 0 Å². The van der Waals surface area contributed by atoms with Crippen molar-refractivity contribution in [2.75, 3.05) is 26.2 Å². The summed E-state index contributed by atoms with van der Waals surface area (Å²) in [6.07, 6.45) is 1.98. The molecule has 1 saturated heterocycles. The first-order valence-electron chi connectivity index (χ1n) is 8.38. The summed E-state index contributed by atoms with van der Waals surface area (Å²) in [4.78, 5) is 16.1. The number of benzene rings is 1. The molecule has 6 heteroatoms. The van der Waals surface area contributed by atoms with Gasteiger partial charge in [-0.05, 0) is 17.2 Å². The molecule has 2 aromatic rings. The molecule has 1 aromatic heterocycles. The van der Waals surface area contributed by atoms with Gasteiger partial charge in [0, 0.05) is 46.0 Å². The van der Waals surface area contributed by atoms with Crippen LogP contribution in [0.2, 0.25) is 0 Å². The minimum atomic E-state index is -0.804. The molecule has 1 fully saturated rings. The van der Waals surface area contributed by atoms with Crippen LogP contribution in [0.15, 0.2) is 42.6 Å². The van der Waals surface area contributed by atoms with E-state index >= 15 is 0 Å². The first-order chi connectivity index (χ1) is 12.1. The lowest BCUT2D eigenvalue weighted by Crippen LogP contribution is -2.48. The summed E-state index contributed by atoms with van der Waals surface area (Å²) < 4.78 is 1.83. The van der Waals surface area contributed by atoms with Gasteiger partial charge in [0.25, 0.3) is 0 Å². The Labute approximate surface area is 147 Å². The number of aromatic nitrogens is 1. The maximum Gasteiger partial charge on any atom is 0.325 e. The molecule has 0 spiro atoms. The van der Waals surface area contributed by atoms with Crippen LogP contribution in [0.4, 0.5) is 0 Å². The predicted molar refractivity (Wildman–Crippen MR) is 93.8 cm³/mol. The fraction of sp³-hybridized carbons (Fsp3) is 0.368. The number of aliphatic carboxylic acids is 1. The molecule has 0 radical (unpaired) electrons. The lowest BCUT2D eigenvalue weighted by atomic mass is 10.0. The molecule has 0 saturated carbocycles. The van der Waals surface area contributed by atoms with Gasteiger partial charge in [0.15, 0.2) is 0 Å². The van der Waals surface area contributed by atoms with Crippen LogP contribution >= 0.6 is 0 Å². The van der Waals surface area contributed by atoms with Gasteiger partial charge in [-0.25, -0.2) is 0 Å². The van der Waals surface area contributed by atoms with E-state index in [2.05, 4.69) is 11.0 Å². The van der Waals surface area contributed by atoms with Crippen LogP contribution in [-0.4, -0.2) is 51.6 Å². The van der Waals surface area contributed by atoms with Crippen molar-refractivity contribution in [1.82, 2.24) is 14.4 Å². The average molecular weight is 338 g/mol. The molecule has 0 aliphatic carbocycles. The van der Waals surface area contributed by atoms with Gasteiger partial charge in [0.1, 0.15) is 17.8 Å². The smallest absolute Gasteiger partial charge is 0.325 e. The van der Waals surface area contributed by atoms with Crippen LogP contribution in [0.5, 0.6) is 0 Å². The number of carboxylic acid groups (broad SMARTS) is 1. The number of aryl methyl sites for hydroxylation is 1. The van der Waals surface area contributed by atoms with Crippen LogP contribution in [-0.2, 0) is 18.4 Å². The molecule has 3 rings (SSSR count). The quantitative estimate of drug-likeness (QED) is 0.901. The lowest BCUT2D eigenvalue weighted by molar-refractivity contribution is -0.144. The fourth-order valence-corrected chi connectivity index (χ4v) is 3.41. The third-order valence-corrected chi connectivity index (χ3v) is 4.70. The topological polar surface area (TPSA) is 72.5 Å². The van der Waals surface area contributed by atoms with Gasteiger partial charge in [0.05, 0.1) is 0 Å². The standard InChI is InChI=1S/C19H22N4O2/c1-21-13-15(11-17(21)12-20)14-22-7-9-23(10-8-22)18(19(24)25)16-5-3-2-4-6-16/h2-6,11,13,18H,7-10,14H2,1H3,(H,24,25). The van der Waals surface area contributed by atoms with E-state index in [-0.39, 0.29) is 0 Å². The van der Waals surface area contributed by atoms with Crippen molar-refractivity contribution in [1.29, 1.82) is 5.26 Å². The van der Waals surface area contributed by atoms with Gasteiger partial charge in [-0.1, -0.05) is 30.3 Å². The third-order valence-electron chi connectivity index (χ3n) is 4.70. The van der Waals surface area contributed by atoms with E-state index in [0.29, 0.717) is 18.8 Å². The van der Waals surface area contributed by atoms with E-state index in [1.165, 1.54) is 0 Å². The highest BCUT2D eigenvalue weighted by Crippen LogP contribution is 2.23. The van der Waals surface area contributed by atoms with Gasteiger partial charge < -0.3 is 9.67 Å². The Morgan fingerprint density at radius 2 is 1.92 bits per heavy atom. The summed E-state index contributed by atoms with van der Waals surface area (Å²) in [5.41, 5.74) is 2.60. The van der Waals surface area contributed by atoms with Gasteiger partial charge in [-0.15, -0.1) is 0 Å². The number of hydrogen-bond acceptors (Lipinski definition) is 4. The van der Waals surface area contributed by atoms with Gasteiger partial charge in [-0.2, -0.15) is 5.26 Å². The summed E-state index contributed by atoms with van der Waals surface area (Å²) >= 11 is 0. The number of nitriles is 1. The number of nitrogens with zero attached hydrogens (tertiary/aromatic N) is 4. The Balaban J connectivity index is 1.62. The van der Waals surface area contributed by atoms with Crippen LogP contribution in [0.1, 0.15) is 22.9 Å². The highest BCUT2D eigenvalue weighted by atomic mass is 16.4. The Kier molecular flexibility index (Phi) is 5.17. The molecular weight excluding hydrogens is 316 g/mol. The number of carbonyl (C=O) groups is 1. The molecule has 2 heterocycles. The SMILES string of the molecule is Cn1cc(CN2CCN(C(C(=O)O)c3ccccc3)CC2)cc1C#N. The van der Waals surface area contributed by atoms with Crippen molar-refractivity contribution in [3.05, 3.63) is 59.4 Å². The number of carboxylic acids is 1. The van der Waals surface area contributed by atoms with Crippen molar-refractivity contribution in [3.63, 3.8) is 0 Å². The van der Waals surface area contributed by atoms with Crippen LogP contribution in [0, 0.1) is 11.3 Å². The van der Waals surface area contributed by atoms with E-state index in [4.69, 9.17) is 5.26 Å². The van der Waals surface area contributed by atoms with Gasteiger partial charge in [-0.3, -0.25) is 14.6 Å². The second-order valence-corrected chi connectivity index (χ2v) is 6.42. The van der Waals surface area contributed by atoms with Crippen molar-refractivity contribution in [3.8, 4) is 6.07 Å². The summed E-state index contributed by atoms with van der Waals surface area (Å²) in [5.74, 6) is -0.804. The molecule has 1 N–H and O–H groups in total. The molecule has 1 unspecified atom stereocenters. The third kappa shape index (κ3) is 3.90. The zero-order valence-corrected chi connectivity index (χ0v) is 14.3. The molecule has 0 amide bonds. The average Bonchev–Trinajstić information content (AvgIpc) is 2.97. The number of piperazine rings is 1. The second kappa shape index (κ2) is 7.51. The highest BCUT2D eigenvalue weighted by molar-refractivity contribution is 5.75. The Morgan fingerprint density at radius 3 is 2.48 bits per heavy atom. The summed E-state index contributed by atoms with van der Waals surface area (Å²) in [6, 6.07) is 12.9. The molecular formula is C19H22N4O2. The zero-order valence-electron chi connectivity index (χ0n) is 14.3. The second-order valence-electron chi connectivity index (χ2n) is 6.42. The lowest BCUT2D eigenvalue weighted by Gasteiger charge is -2.37. The molecule has 0 bridgehead atoms. The molecule has 1 aliphatic rings. The molecule has 130 valence electrons. The zero-order chi connectivity index (χ0) is 17.8. The molecule has 25 heavy (non-hydrogen) atoms. The van der Waals surface area contributed by atoms with E-state index in [9.17, 15) is 9.90 Å². The van der Waals surface area contributed by atoms with Gasteiger partial charge in [0.2, 0.25) is 0 Å². The number of rotatable bonds is 5. The molecule has 6 nitrogen and oxygen atoms in total. The maximum absolute atomic E-state index is 11.8. The van der Waals surface area contributed by atoms with E-state index in [1.807, 2.05) is 59.1 Å². The Morgan fingerprint density at radius 1 is 1.24 bits per heavy atom.